The lowest BCUT2D eigenvalue weighted by Gasteiger charge is -2.35. The number of Topliss-reactive ketones (excluding diaryl/α,β-unsaturated/α-hetero) is 1. The number of aliphatic hydroxyl groups is 10. The van der Waals surface area contributed by atoms with Crippen LogP contribution in [0.3, 0.4) is 0 Å². The number of nitrogens with one attached hydrogen (secondary N) is 6. The Morgan fingerprint density at radius 1 is 0.545 bits per heavy atom. The fourth-order valence-corrected chi connectivity index (χ4v) is 14.2. The van der Waals surface area contributed by atoms with E-state index in [1.807, 2.05) is 6.07 Å². The van der Waals surface area contributed by atoms with Crippen molar-refractivity contribution in [1.82, 2.24) is 50.6 Å². The van der Waals surface area contributed by atoms with Gasteiger partial charge in [-0.1, -0.05) is 38.8 Å². The van der Waals surface area contributed by atoms with E-state index in [0.717, 1.165) is 31.4 Å². The summed E-state index contributed by atoms with van der Waals surface area (Å²) >= 11 is 0. The molecule has 6 rings (SSSR count). The maximum Gasteiger partial charge on any atom is 0.410 e. The molecule has 134 heavy (non-hydrogen) atoms. The lowest BCUT2D eigenvalue weighted by molar-refractivity contribution is -0.132. The molecule has 7 amide bonds. The number of hydrogen-bond donors (Lipinski definition) is 18. The summed E-state index contributed by atoms with van der Waals surface area (Å²) in [6, 6.07) is 6.41. The molecule has 758 valence electrons. The molecule has 0 unspecified atom stereocenters. The number of aromatic nitrogens is 4. The number of pyridine rings is 2. The van der Waals surface area contributed by atoms with E-state index >= 15 is 0 Å². The molecule has 1 saturated carbocycles. The Bertz CT molecular complexity index is 4020. The molecule has 20 N–H and O–H groups in total. The molecular formula is C88H145N15O31. The molecule has 1 saturated heterocycles. The summed E-state index contributed by atoms with van der Waals surface area (Å²) in [5.41, 5.74) is 14.3. The van der Waals surface area contributed by atoms with Crippen molar-refractivity contribution < 1.29 is 146 Å². The van der Waals surface area contributed by atoms with E-state index in [9.17, 15) is 79.2 Å². The highest BCUT2D eigenvalue weighted by molar-refractivity contribution is 6.00. The zero-order chi connectivity index (χ0) is 97.4. The Hall–Kier alpha value is -8.61. The lowest BCUT2D eigenvalue weighted by Crippen LogP contribution is -2.56. The number of carbonyl (C=O) groups excluding carboxylic acids is 7. The Morgan fingerprint density at radius 3 is 1.49 bits per heavy atom. The summed E-state index contributed by atoms with van der Waals surface area (Å²) in [6.07, 6.45) is -6.17. The minimum Gasteiger partial charge on any atom is -0.445 e. The van der Waals surface area contributed by atoms with E-state index in [4.69, 9.17) is 88.2 Å². The molecule has 46 nitrogen and oxygen atoms in total. The summed E-state index contributed by atoms with van der Waals surface area (Å²) in [6.45, 7) is 14.1. The molecule has 11 atom stereocenters. The number of primary amides is 1. The topological polar surface area (TPSA) is 636 Å². The number of nitrogens with zero attached hydrogens (tertiary/aromatic N) is 7. The summed E-state index contributed by atoms with van der Waals surface area (Å²) in [5.74, 6) is -1.92. The summed E-state index contributed by atoms with van der Waals surface area (Å²) in [4.78, 5) is 124. The van der Waals surface area contributed by atoms with Gasteiger partial charge in [-0.2, -0.15) is 4.98 Å². The summed E-state index contributed by atoms with van der Waals surface area (Å²) in [5, 5.41) is 116. The van der Waals surface area contributed by atoms with Crippen molar-refractivity contribution in [2.24, 2.45) is 17.4 Å². The first-order valence-corrected chi connectivity index (χ1v) is 45.8. The number of ketones is 1. The second kappa shape index (κ2) is 66.0. The zero-order valence-electron chi connectivity index (χ0n) is 77.5. The van der Waals surface area contributed by atoms with E-state index < -0.39 is 129 Å². The number of urea groups is 1. The van der Waals surface area contributed by atoms with Gasteiger partial charge in [-0.25, -0.2) is 19.6 Å². The van der Waals surface area contributed by atoms with Gasteiger partial charge in [0.05, 0.1) is 207 Å². The molecule has 46 heteroatoms. The molecule has 1 aromatic carbocycles. The van der Waals surface area contributed by atoms with Crippen LogP contribution in [0.4, 0.5) is 32.7 Å². The van der Waals surface area contributed by atoms with Gasteiger partial charge in [-0.05, 0) is 100 Å². The number of nitrogens with two attached hydrogens (primary N) is 2. The van der Waals surface area contributed by atoms with Crippen molar-refractivity contribution in [3.8, 4) is 0 Å². The molecule has 0 bridgehead atoms. The first-order valence-electron chi connectivity index (χ1n) is 45.8. The van der Waals surface area contributed by atoms with Crippen molar-refractivity contribution in [2.45, 2.75) is 172 Å². The predicted octanol–water partition coefficient (Wildman–Crippen LogP) is -2.60. The number of rotatable bonds is 74. The molecule has 1 aliphatic heterocycles. The van der Waals surface area contributed by atoms with Crippen LogP contribution >= 0.6 is 0 Å². The van der Waals surface area contributed by atoms with Crippen molar-refractivity contribution in [3.63, 3.8) is 0 Å². The number of carbonyl (C=O) groups is 7. The first-order chi connectivity index (χ1) is 64.6. The number of unbranched alkanes of at least 4 members (excludes halogenated alkanes) is 1. The van der Waals surface area contributed by atoms with E-state index in [1.165, 1.54) is 11.8 Å². The van der Waals surface area contributed by atoms with E-state index in [1.54, 1.807) is 73.0 Å². The van der Waals surface area contributed by atoms with Crippen LogP contribution in [0.5, 0.6) is 0 Å². The lowest BCUT2D eigenvalue weighted by atomic mass is 10.0. The van der Waals surface area contributed by atoms with E-state index in [2.05, 4.69) is 46.8 Å². The maximum atomic E-state index is 13.9. The normalized spacial score (nSPS) is 15.6. The van der Waals surface area contributed by atoms with Gasteiger partial charge in [0.1, 0.15) is 66.8 Å². The van der Waals surface area contributed by atoms with Crippen LogP contribution in [-0.2, 0) is 87.4 Å². The van der Waals surface area contributed by atoms with E-state index in [0.29, 0.717) is 198 Å². The van der Waals surface area contributed by atoms with Crippen LogP contribution in [0.25, 0.3) is 11.0 Å². The smallest absolute Gasteiger partial charge is 0.410 e. The fourth-order valence-electron chi connectivity index (χ4n) is 14.2. The number of anilines is 4. The minimum absolute atomic E-state index is 0.00854. The highest BCUT2D eigenvalue weighted by atomic mass is 16.6. The quantitative estimate of drug-likeness (QED) is 0.0159. The Morgan fingerprint density at radius 2 is 1.02 bits per heavy atom. The number of hydrogen-bond acceptors (Lipinski definition) is 38. The van der Waals surface area contributed by atoms with Crippen LogP contribution in [0.15, 0.2) is 53.6 Å². The van der Waals surface area contributed by atoms with Gasteiger partial charge in [-0.3, -0.25) is 38.2 Å². The third-order valence-electron chi connectivity index (χ3n) is 21.8. The number of amides is 7. The van der Waals surface area contributed by atoms with Crippen LogP contribution < -0.4 is 53.8 Å². The highest BCUT2D eigenvalue weighted by Crippen LogP contribution is 2.33. The van der Waals surface area contributed by atoms with Gasteiger partial charge in [-0.15, -0.1) is 0 Å². The third-order valence-corrected chi connectivity index (χ3v) is 21.8. The third kappa shape index (κ3) is 43.4. The second-order valence-corrected chi connectivity index (χ2v) is 32.5. The summed E-state index contributed by atoms with van der Waals surface area (Å²) in [7, 11) is 0. The van der Waals surface area contributed by atoms with Crippen molar-refractivity contribution in [2.75, 3.05) is 246 Å². The van der Waals surface area contributed by atoms with Crippen molar-refractivity contribution in [1.29, 1.82) is 0 Å². The standard InChI is InChI=1S/C88H145N15O31/c1-59(2)76(84(118)96-68(13-9-22-92-86(90)120)83(117)95-63-16-14-62(15-17-63)58-134-88(121)102-25-23-101(24-26-102)65-18-19-73(93-52-65)97-87-94-53-66-60(3)75(61(4)106)85(119)103(81(66)99-87)64-10-5-6-11-64)98-82(116)67(89)12-7-8-21-91-74(111)20-28-122-30-32-124-34-36-126-38-40-128-42-44-130-46-48-132-50-51-133-49-47-131-45-43-129-41-39-127-37-35-125-33-31-123-29-27-100(54-69(107)77(112)79(114)71(109)56-104)55-70(108)78(113)80(115)72(110)57-105/h14-19,52-53,59,64,67-72,76-80,104-105,107-110,112-115H,5-13,20-51,54-58,89H2,1-4H3,(H,91,111)(H,95,117)(H,96,118)(H,98,116)(H3,90,92,120)(H,93,94,97,99)/t67-,68-,69-,70-,71+,72+,76-,77+,78+,79+,80+/m0/s1. The molecular weight excluding hydrogens is 1760 g/mol. The molecule has 2 fully saturated rings. The Balaban J connectivity index is 0.694. The number of aliphatic hydroxyl groups excluding tert-OH is 10. The number of aryl methyl sites for hydroxylation is 1. The second-order valence-electron chi connectivity index (χ2n) is 32.5. The number of ether oxygens (including phenoxy) is 13. The Labute approximate surface area is 780 Å². The van der Waals surface area contributed by atoms with E-state index in [-0.39, 0.29) is 120 Å². The van der Waals surface area contributed by atoms with Gasteiger partial charge in [0.25, 0.3) is 5.56 Å². The summed E-state index contributed by atoms with van der Waals surface area (Å²) < 4.78 is 73.6. The monoisotopic (exact) mass is 1910 g/mol. The van der Waals surface area contributed by atoms with Crippen LogP contribution in [0.1, 0.15) is 113 Å². The maximum absolute atomic E-state index is 13.9. The predicted molar refractivity (Wildman–Crippen MR) is 486 cm³/mol. The number of fused-ring (bicyclic) bond motifs is 1. The first kappa shape index (κ1) is 114. The average molecular weight is 1910 g/mol. The molecule has 1 aliphatic carbocycles. The van der Waals surface area contributed by atoms with Gasteiger partial charge in [0.15, 0.2) is 5.78 Å². The largest absolute Gasteiger partial charge is 0.445 e. The minimum atomic E-state index is -1.90. The molecule has 4 aromatic rings. The van der Waals surface area contributed by atoms with Gasteiger partial charge in [0, 0.05) is 88.6 Å². The average Bonchev–Trinajstić information content (AvgIpc) is 1.17. The Kier molecular flexibility index (Phi) is 56.2. The molecule has 2 aliphatic rings. The van der Waals surface area contributed by atoms with Crippen LogP contribution in [-0.4, -0.2) is 420 Å². The van der Waals surface area contributed by atoms with Crippen LogP contribution in [0, 0.1) is 12.8 Å². The molecule has 4 heterocycles. The van der Waals surface area contributed by atoms with Gasteiger partial charge < -0.3 is 166 Å². The SMILES string of the molecule is CC(=O)c1c(C)c2cnc(Nc3ccc(N4CCN(C(=O)OCc5ccc(NC(=O)[C@H](CCCNC(N)=O)NC(=O)[C@@H](NC(=O)[C@@H](N)CCCCNC(=O)CCOCCOCCOCCOCCOCCOCCOCCOCCOCCOCCOCCOCCN(C[C@H](O)[C@@H](O)[C@H](O)[C@H](O)CO)C[C@H](O)[C@@H](O)[C@H](O)[C@H](O)CO)C(C)C)cc5)CC4)cn3)nc2n(C2CCCC2)c1=O. The van der Waals surface area contributed by atoms with Gasteiger partial charge in [0.2, 0.25) is 29.6 Å². The molecule has 0 spiro atoms. The fraction of sp³-hybridized carbons (Fsp3) is 0.716. The van der Waals surface area contributed by atoms with Crippen molar-refractivity contribution in [3.05, 3.63) is 75.8 Å². The number of benzene rings is 1. The van der Waals surface area contributed by atoms with Gasteiger partial charge >= 0.3 is 12.1 Å². The molecule has 3 aromatic heterocycles. The molecule has 0 radical (unpaired) electrons. The van der Waals surface area contributed by atoms with Crippen molar-refractivity contribution >= 4 is 75.7 Å². The van der Waals surface area contributed by atoms with Crippen LogP contribution in [0.2, 0.25) is 0 Å². The number of piperazine rings is 1. The zero-order valence-corrected chi connectivity index (χ0v) is 77.5. The highest BCUT2D eigenvalue weighted by Gasteiger charge is 2.36.